The highest BCUT2D eigenvalue weighted by Gasteiger charge is 2.10. The summed E-state index contributed by atoms with van der Waals surface area (Å²) in [7, 11) is 0. The molecule has 1 aromatic rings. The first-order valence-electron chi connectivity index (χ1n) is 4.51. The summed E-state index contributed by atoms with van der Waals surface area (Å²) in [4.78, 5) is 0. The monoisotopic (exact) mass is 180 g/mol. The van der Waals surface area contributed by atoms with E-state index in [1.807, 2.05) is 38.1 Å². The second kappa shape index (κ2) is 4.28. The second-order valence-electron chi connectivity index (χ2n) is 3.33. The number of hydrogen-bond acceptors (Lipinski definition) is 2. The van der Waals surface area contributed by atoms with E-state index in [9.17, 15) is 5.11 Å². The fraction of sp³-hybridized carbons (Fsp3) is 0.455. The van der Waals surface area contributed by atoms with Gasteiger partial charge >= 0.3 is 0 Å². The van der Waals surface area contributed by atoms with E-state index >= 15 is 0 Å². The molecule has 0 saturated heterocycles. The third-order valence-electron chi connectivity index (χ3n) is 2.09. The number of hydrogen-bond donors (Lipinski definition) is 1. The Morgan fingerprint density at radius 3 is 2.38 bits per heavy atom. The maximum atomic E-state index is 9.25. The molecule has 72 valence electrons. The normalized spacial score (nSPS) is 15.1. The highest BCUT2D eigenvalue weighted by Crippen LogP contribution is 2.18. The van der Waals surface area contributed by atoms with E-state index in [-0.39, 0.29) is 6.10 Å². The van der Waals surface area contributed by atoms with Crippen LogP contribution >= 0.6 is 0 Å². The van der Waals surface area contributed by atoms with Crippen molar-refractivity contribution in [1.82, 2.24) is 0 Å². The van der Waals surface area contributed by atoms with Crippen LogP contribution in [0, 0.1) is 6.92 Å². The maximum Gasteiger partial charge on any atom is 0.122 e. The van der Waals surface area contributed by atoms with E-state index in [1.54, 1.807) is 6.92 Å². The molecule has 2 heteroatoms. The predicted molar refractivity (Wildman–Crippen MR) is 52.9 cm³/mol. The van der Waals surface area contributed by atoms with Gasteiger partial charge in [-0.3, -0.25) is 0 Å². The number of para-hydroxylation sites is 1. The minimum absolute atomic E-state index is 0.166. The van der Waals surface area contributed by atoms with Gasteiger partial charge in [0.1, 0.15) is 11.9 Å². The topological polar surface area (TPSA) is 29.5 Å². The maximum absolute atomic E-state index is 9.25. The zero-order valence-corrected chi connectivity index (χ0v) is 8.32. The predicted octanol–water partition coefficient (Wildman–Crippen LogP) is 2.14. The van der Waals surface area contributed by atoms with Gasteiger partial charge in [-0.05, 0) is 32.4 Å². The molecule has 0 bridgehead atoms. The molecule has 2 nitrogen and oxygen atoms in total. The molecule has 0 aromatic heterocycles. The number of ether oxygens (including phenoxy) is 1. The summed E-state index contributed by atoms with van der Waals surface area (Å²) < 4.78 is 5.56. The van der Waals surface area contributed by atoms with Crippen molar-refractivity contribution in [2.24, 2.45) is 0 Å². The molecule has 0 amide bonds. The molecular formula is C11H16O2. The zero-order valence-electron chi connectivity index (χ0n) is 8.32. The lowest BCUT2D eigenvalue weighted by Gasteiger charge is -2.18. The number of benzene rings is 1. The fourth-order valence-corrected chi connectivity index (χ4v) is 0.987. The van der Waals surface area contributed by atoms with Crippen LogP contribution in [0.25, 0.3) is 0 Å². The minimum Gasteiger partial charge on any atom is -0.488 e. The average Bonchev–Trinajstić information content (AvgIpc) is 2.08. The van der Waals surface area contributed by atoms with Gasteiger partial charge in [-0.2, -0.15) is 0 Å². The molecular weight excluding hydrogens is 164 g/mol. The van der Waals surface area contributed by atoms with Crippen molar-refractivity contribution in [1.29, 1.82) is 0 Å². The Balaban J connectivity index is 2.69. The highest BCUT2D eigenvalue weighted by atomic mass is 16.5. The van der Waals surface area contributed by atoms with Crippen molar-refractivity contribution in [3.05, 3.63) is 29.8 Å². The van der Waals surface area contributed by atoms with Crippen LogP contribution in [0.3, 0.4) is 0 Å². The van der Waals surface area contributed by atoms with Gasteiger partial charge in [0.05, 0.1) is 6.10 Å². The molecule has 0 heterocycles. The molecule has 1 unspecified atom stereocenters. The van der Waals surface area contributed by atoms with Crippen LogP contribution in [0.15, 0.2) is 24.3 Å². The van der Waals surface area contributed by atoms with Crippen molar-refractivity contribution in [3.63, 3.8) is 0 Å². The largest absolute Gasteiger partial charge is 0.488 e. The Labute approximate surface area is 79.2 Å². The summed E-state index contributed by atoms with van der Waals surface area (Å²) in [5, 5.41) is 9.25. The summed E-state index contributed by atoms with van der Waals surface area (Å²) in [6.07, 6.45) is -0.610. The van der Waals surface area contributed by atoms with Gasteiger partial charge in [-0.1, -0.05) is 18.2 Å². The van der Waals surface area contributed by atoms with E-state index in [4.69, 9.17) is 4.74 Å². The Morgan fingerprint density at radius 2 is 1.85 bits per heavy atom. The van der Waals surface area contributed by atoms with Gasteiger partial charge in [0.25, 0.3) is 0 Å². The Morgan fingerprint density at radius 1 is 1.23 bits per heavy atom. The van der Waals surface area contributed by atoms with E-state index in [0.29, 0.717) is 0 Å². The molecule has 2 atom stereocenters. The molecule has 0 radical (unpaired) electrons. The molecule has 0 aliphatic heterocycles. The Bertz CT molecular complexity index is 269. The third kappa shape index (κ3) is 2.74. The third-order valence-corrected chi connectivity index (χ3v) is 2.09. The van der Waals surface area contributed by atoms with Crippen LogP contribution in [0.4, 0.5) is 0 Å². The van der Waals surface area contributed by atoms with Crippen LogP contribution in [-0.4, -0.2) is 17.3 Å². The molecule has 0 spiro atoms. The quantitative estimate of drug-likeness (QED) is 0.772. The first-order chi connectivity index (χ1) is 6.11. The summed E-state index contributed by atoms with van der Waals surface area (Å²) in [6, 6.07) is 7.80. The van der Waals surface area contributed by atoms with Gasteiger partial charge in [0.15, 0.2) is 0 Å². The molecule has 13 heavy (non-hydrogen) atoms. The van der Waals surface area contributed by atoms with E-state index < -0.39 is 6.10 Å². The first-order valence-corrected chi connectivity index (χ1v) is 4.51. The molecule has 1 rings (SSSR count). The van der Waals surface area contributed by atoms with Crippen molar-refractivity contribution in [2.45, 2.75) is 33.0 Å². The SMILES string of the molecule is Cc1ccccc1OC(C)[C@H](C)O. The highest BCUT2D eigenvalue weighted by molar-refractivity contribution is 5.31. The number of aliphatic hydroxyl groups is 1. The van der Waals surface area contributed by atoms with Crippen molar-refractivity contribution in [3.8, 4) is 5.75 Å². The number of aliphatic hydroxyl groups excluding tert-OH is 1. The van der Waals surface area contributed by atoms with E-state index in [0.717, 1.165) is 11.3 Å². The van der Waals surface area contributed by atoms with Crippen molar-refractivity contribution in [2.75, 3.05) is 0 Å². The molecule has 0 fully saturated rings. The van der Waals surface area contributed by atoms with Crippen LogP contribution in [0.1, 0.15) is 19.4 Å². The van der Waals surface area contributed by atoms with Crippen molar-refractivity contribution >= 4 is 0 Å². The lowest BCUT2D eigenvalue weighted by atomic mass is 10.2. The van der Waals surface area contributed by atoms with E-state index in [2.05, 4.69) is 0 Å². The van der Waals surface area contributed by atoms with Crippen LogP contribution < -0.4 is 4.74 Å². The molecule has 0 aliphatic carbocycles. The summed E-state index contributed by atoms with van der Waals surface area (Å²) in [6.45, 7) is 5.57. The molecule has 0 aliphatic rings. The van der Waals surface area contributed by atoms with Crippen LogP contribution in [0.2, 0.25) is 0 Å². The smallest absolute Gasteiger partial charge is 0.122 e. The van der Waals surface area contributed by atoms with Gasteiger partial charge in [0, 0.05) is 0 Å². The van der Waals surface area contributed by atoms with Gasteiger partial charge in [-0.15, -0.1) is 0 Å². The molecule has 1 aromatic carbocycles. The van der Waals surface area contributed by atoms with E-state index in [1.165, 1.54) is 0 Å². The number of rotatable bonds is 3. The molecule has 0 saturated carbocycles. The van der Waals surface area contributed by atoms with Crippen LogP contribution in [-0.2, 0) is 0 Å². The average molecular weight is 180 g/mol. The first kappa shape index (κ1) is 10.1. The summed E-state index contributed by atoms with van der Waals surface area (Å²) in [5.74, 6) is 0.843. The zero-order chi connectivity index (χ0) is 9.84. The molecule has 1 N–H and O–H groups in total. The minimum atomic E-state index is -0.445. The number of aryl methyl sites for hydroxylation is 1. The Hall–Kier alpha value is -1.02. The van der Waals surface area contributed by atoms with Gasteiger partial charge in [0.2, 0.25) is 0 Å². The standard InChI is InChI=1S/C11H16O2/c1-8-6-4-5-7-11(8)13-10(3)9(2)12/h4-7,9-10,12H,1-3H3/t9-,10?/m0/s1. The lowest BCUT2D eigenvalue weighted by Crippen LogP contribution is -2.25. The summed E-state index contributed by atoms with van der Waals surface area (Å²) >= 11 is 0. The van der Waals surface area contributed by atoms with Gasteiger partial charge in [-0.25, -0.2) is 0 Å². The second-order valence-corrected chi connectivity index (χ2v) is 3.33. The summed E-state index contributed by atoms with van der Waals surface area (Å²) in [5.41, 5.74) is 1.09. The lowest BCUT2D eigenvalue weighted by molar-refractivity contribution is 0.0600. The fourth-order valence-electron chi connectivity index (χ4n) is 0.987. The van der Waals surface area contributed by atoms with Crippen LogP contribution in [0.5, 0.6) is 5.75 Å². The van der Waals surface area contributed by atoms with Crippen molar-refractivity contribution < 1.29 is 9.84 Å². The van der Waals surface area contributed by atoms with Gasteiger partial charge < -0.3 is 9.84 Å². The Kier molecular flexibility index (Phi) is 3.32.